The van der Waals surface area contributed by atoms with Gasteiger partial charge < -0.3 is 0 Å². The van der Waals surface area contributed by atoms with Gasteiger partial charge in [0.1, 0.15) is 0 Å². The Morgan fingerprint density at radius 2 is 1.00 bits per heavy atom. The van der Waals surface area contributed by atoms with E-state index in [-0.39, 0.29) is 29.0 Å². The van der Waals surface area contributed by atoms with E-state index in [1.807, 2.05) is 12.1 Å². The van der Waals surface area contributed by atoms with Crippen molar-refractivity contribution in [3.05, 3.63) is 70.4 Å². The summed E-state index contributed by atoms with van der Waals surface area (Å²) in [7, 11) is 0. The minimum absolute atomic E-state index is 0.0677. The van der Waals surface area contributed by atoms with E-state index in [1.165, 1.54) is 48.9 Å². The molecule has 0 nitrogen and oxygen atoms in total. The third-order valence-corrected chi connectivity index (χ3v) is 15.9. The van der Waals surface area contributed by atoms with Crippen molar-refractivity contribution in [2.45, 2.75) is 0 Å². The molecule has 176 valence electrons. The van der Waals surface area contributed by atoms with Crippen LogP contribution in [-0.2, 0) is 0 Å². The van der Waals surface area contributed by atoms with Crippen LogP contribution in [0.1, 0.15) is 0 Å². The van der Waals surface area contributed by atoms with Gasteiger partial charge >= 0.3 is 230 Å². The second-order valence-electron chi connectivity index (χ2n) is 8.31. The molecule has 0 N–H and O–H groups in total. The van der Waals surface area contributed by atoms with Gasteiger partial charge in [-0.05, 0) is 0 Å². The van der Waals surface area contributed by atoms with Crippen molar-refractivity contribution in [3.8, 4) is 18.6 Å². The summed E-state index contributed by atoms with van der Waals surface area (Å²) in [5.74, 6) is -3.04. The number of thiophene rings is 4. The first kappa shape index (κ1) is 22.3. The fourth-order valence-corrected chi connectivity index (χ4v) is 14.3. The predicted molar refractivity (Wildman–Crippen MR) is 150 cm³/mol. The van der Waals surface area contributed by atoms with Crippen LogP contribution in [0.2, 0.25) is 0 Å². The second kappa shape index (κ2) is 7.88. The summed E-state index contributed by atoms with van der Waals surface area (Å²) in [6.45, 7) is 0. The minimum atomic E-state index is -0.779. The van der Waals surface area contributed by atoms with E-state index in [0.29, 0.717) is 9.75 Å². The zero-order valence-corrected chi connectivity index (χ0v) is 24.3. The van der Waals surface area contributed by atoms with E-state index in [9.17, 15) is 17.6 Å². The summed E-state index contributed by atoms with van der Waals surface area (Å²) in [6, 6.07) is 12.8. The van der Waals surface area contributed by atoms with Crippen molar-refractivity contribution in [2.24, 2.45) is 0 Å². The molecule has 6 aromatic heterocycles. The van der Waals surface area contributed by atoms with Crippen LogP contribution in [0.3, 0.4) is 0 Å². The fraction of sp³-hybridized carbons (Fsp3) is 0. The predicted octanol–water partition coefficient (Wildman–Crippen LogP) is 9.70. The molecule has 0 saturated heterocycles. The molecule has 0 fully saturated rings. The Morgan fingerprint density at radius 3 is 1.39 bits per heavy atom. The van der Waals surface area contributed by atoms with E-state index in [2.05, 4.69) is 24.3 Å². The zero-order chi connectivity index (χ0) is 24.3. The van der Waals surface area contributed by atoms with Gasteiger partial charge in [-0.3, -0.25) is 0 Å². The SMILES string of the molecule is Fc1csc(-c2cc3cc4c(cc3[se]2)sc2c3cc5cc(-c6scc(F)c6F)[se]c5cc3sc42)c1F. The number of hydrogen-bond acceptors (Lipinski definition) is 4. The summed E-state index contributed by atoms with van der Waals surface area (Å²) in [5.41, 5.74) is 0. The molecule has 0 unspecified atom stereocenters. The van der Waals surface area contributed by atoms with Crippen molar-refractivity contribution in [1.29, 1.82) is 0 Å². The second-order valence-corrected chi connectivity index (χ2v) is 16.7. The number of halogens is 4. The van der Waals surface area contributed by atoms with Crippen LogP contribution in [0.25, 0.3) is 67.5 Å². The summed E-state index contributed by atoms with van der Waals surface area (Å²) in [5, 5.41) is 7.03. The van der Waals surface area contributed by atoms with Crippen molar-refractivity contribution in [3.63, 3.8) is 0 Å². The van der Waals surface area contributed by atoms with E-state index >= 15 is 0 Å². The van der Waals surface area contributed by atoms with E-state index in [0.717, 1.165) is 42.3 Å². The van der Waals surface area contributed by atoms with E-state index < -0.39 is 23.3 Å². The maximum atomic E-state index is 14.2. The Hall–Kier alpha value is -1.74. The molecule has 0 aliphatic carbocycles. The molecule has 0 atom stereocenters. The molecule has 0 bridgehead atoms. The molecule has 0 aliphatic heterocycles. The summed E-state index contributed by atoms with van der Waals surface area (Å²) in [6.07, 6.45) is 0. The molecule has 0 saturated carbocycles. The molecular formula is C26H8F4S4Se2. The molecule has 8 rings (SSSR count). The number of benzene rings is 2. The van der Waals surface area contributed by atoms with E-state index in [4.69, 9.17) is 0 Å². The average Bonchev–Trinajstić information content (AvgIpc) is 3.68. The molecule has 0 spiro atoms. The fourth-order valence-electron chi connectivity index (χ4n) is 4.53. The topological polar surface area (TPSA) is 0 Å². The molecular weight excluding hydrogens is 674 g/mol. The quantitative estimate of drug-likeness (QED) is 0.126. The van der Waals surface area contributed by atoms with Crippen LogP contribution in [0.15, 0.2) is 47.2 Å². The first-order chi connectivity index (χ1) is 17.4. The standard InChI is InChI=1S/C26H8F4S4Se2/c27-13-7-31-25(21(13)29)19-3-9-1-11-15(5-17(9)35-19)33-24-12-2-10-4-20(26-22(30)14(28)8-32-26)36-18(10)6-16(12)34-23(11)24/h1-8H. The molecule has 36 heavy (non-hydrogen) atoms. The van der Waals surface area contributed by atoms with Crippen LogP contribution < -0.4 is 0 Å². The molecule has 2 aromatic carbocycles. The van der Waals surface area contributed by atoms with Gasteiger partial charge in [-0.2, -0.15) is 0 Å². The number of fused-ring (bicyclic) bond motifs is 7. The van der Waals surface area contributed by atoms with Crippen LogP contribution in [0, 0.1) is 23.3 Å². The van der Waals surface area contributed by atoms with Gasteiger partial charge in [-0.25, -0.2) is 0 Å². The Kier molecular flexibility index (Phi) is 4.87. The molecule has 0 amide bonds. The molecule has 8 aromatic rings. The van der Waals surface area contributed by atoms with Gasteiger partial charge in [0.05, 0.1) is 0 Å². The van der Waals surface area contributed by atoms with Crippen LogP contribution in [0.4, 0.5) is 17.6 Å². The molecule has 0 aliphatic rings. The van der Waals surface area contributed by atoms with Crippen molar-refractivity contribution in [1.82, 2.24) is 0 Å². The first-order valence-electron chi connectivity index (χ1n) is 10.6. The van der Waals surface area contributed by atoms with Crippen LogP contribution in [-0.4, -0.2) is 29.0 Å². The average molecular weight is 683 g/mol. The van der Waals surface area contributed by atoms with Gasteiger partial charge in [0.25, 0.3) is 0 Å². The number of hydrogen-bond donors (Lipinski definition) is 0. The molecule has 0 radical (unpaired) electrons. The van der Waals surface area contributed by atoms with Gasteiger partial charge in [-0.1, -0.05) is 0 Å². The Balaban J connectivity index is 1.30. The molecule has 6 heterocycles. The zero-order valence-electron chi connectivity index (χ0n) is 17.6. The normalized spacial score (nSPS) is 12.4. The Bertz CT molecular complexity index is 2010. The van der Waals surface area contributed by atoms with Crippen molar-refractivity contribution >= 4 is 123 Å². The third kappa shape index (κ3) is 3.14. The Morgan fingerprint density at radius 1 is 0.556 bits per heavy atom. The van der Waals surface area contributed by atoms with Gasteiger partial charge in [-0.15, -0.1) is 0 Å². The Labute approximate surface area is 228 Å². The van der Waals surface area contributed by atoms with E-state index in [1.54, 1.807) is 22.7 Å². The summed E-state index contributed by atoms with van der Waals surface area (Å²) < 4.78 is 64.6. The van der Waals surface area contributed by atoms with Crippen molar-refractivity contribution in [2.75, 3.05) is 0 Å². The van der Waals surface area contributed by atoms with Gasteiger partial charge in [0, 0.05) is 0 Å². The maximum absolute atomic E-state index is 14.2. The summed E-state index contributed by atoms with van der Waals surface area (Å²) >= 11 is 5.64. The monoisotopic (exact) mass is 684 g/mol. The number of rotatable bonds is 2. The van der Waals surface area contributed by atoms with Crippen molar-refractivity contribution < 1.29 is 17.6 Å². The van der Waals surface area contributed by atoms with Gasteiger partial charge in [0.2, 0.25) is 0 Å². The molecule has 10 heteroatoms. The van der Waals surface area contributed by atoms with Gasteiger partial charge in [0.15, 0.2) is 0 Å². The summed E-state index contributed by atoms with van der Waals surface area (Å²) in [4.78, 5) is 0.820. The first-order valence-corrected chi connectivity index (χ1v) is 17.4. The van der Waals surface area contributed by atoms with Crippen LogP contribution >= 0.6 is 45.3 Å². The van der Waals surface area contributed by atoms with Crippen LogP contribution in [0.5, 0.6) is 0 Å². The third-order valence-electron chi connectivity index (χ3n) is 6.18.